The van der Waals surface area contributed by atoms with Crippen molar-refractivity contribution < 1.29 is 0 Å². The minimum absolute atomic E-state index is 0.296. The summed E-state index contributed by atoms with van der Waals surface area (Å²) in [6.07, 6.45) is 1.65. The molecular formula is C10H11Cl2N3. The predicted octanol–water partition coefficient (Wildman–Crippen LogP) is 3.40. The summed E-state index contributed by atoms with van der Waals surface area (Å²) in [5.41, 5.74) is 1.79. The SMILES string of the molecule is CC(C)c1c(Cl)cnc2c1c(Cl)nn2C. The first-order valence-corrected chi connectivity index (χ1v) is 5.44. The largest absolute Gasteiger partial charge is 0.249 e. The van der Waals surface area contributed by atoms with E-state index in [1.165, 1.54) is 0 Å². The smallest absolute Gasteiger partial charge is 0.160 e. The number of aromatic nitrogens is 3. The fourth-order valence-electron chi connectivity index (χ4n) is 1.73. The molecule has 0 spiro atoms. The molecule has 0 aliphatic rings. The van der Waals surface area contributed by atoms with Crippen LogP contribution >= 0.6 is 23.2 Å². The molecule has 0 unspecified atom stereocenters. The van der Waals surface area contributed by atoms with Crippen LogP contribution in [0.25, 0.3) is 11.0 Å². The Balaban J connectivity index is 2.92. The predicted molar refractivity (Wildman–Crippen MR) is 62.6 cm³/mol. The molecule has 0 saturated heterocycles. The minimum Gasteiger partial charge on any atom is -0.249 e. The summed E-state index contributed by atoms with van der Waals surface area (Å²) in [7, 11) is 1.82. The zero-order valence-corrected chi connectivity index (χ0v) is 10.3. The Morgan fingerprint density at radius 1 is 1.33 bits per heavy atom. The summed E-state index contributed by atoms with van der Waals surface area (Å²) in [4.78, 5) is 4.23. The van der Waals surface area contributed by atoms with Crippen LogP contribution in [0.1, 0.15) is 25.3 Å². The van der Waals surface area contributed by atoms with Gasteiger partial charge in [0.05, 0.1) is 10.4 Å². The van der Waals surface area contributed by atoms with Gasteiger partial charge in [0.2, 0.25) is 0 Å². The molecule has 2 aromatic heterocycles. The summed E-state index contributed by atoms with van der Waals surface area (Å²) in [6.45, 7) is 4.15. The number of rotatable bonds is 1. The van der Waals surface area contributed by atoms with Gasteiger partial charge in [-0.2, -0.15) is 5.10 Å². The van der Waals surface area contributed by atoms with Gasteiger partial charge in [-0.1, -0.05) is 37.0 Å². The van der Waals surface area contributed by atoms with Crippen LogP contribution in [0.3, 0.4) is 0 Å². The lowest BCUT2D eigenvalue weighted by Gasteiger charge is -2.09. The molecule has 0 amide bonds. The van der Waals surface area contributed by atoms with Gasteiger partial charge in [0, 0.05) is 13.2 Å². The van der Waals surface area contributed by atoms with Gasteiger partial charge in [0.1, 0.15) is 0 Å². The van der Waals surface area contributed by atoms with Crippen LogP contribution in [-0.4, -0.2) is 14.8 Å². The number of hydrogen-bond donors (Lipinski definition) is 0. The van der Waals surface area contributed by atoms with Crippen molar-refractivity contribution in [3.05, 3.63) is 21.9 Å². The number of fused-ring (bicyclic) bond motifs is 1. The summed E-state index contributed by atoms with van der Waals surface area (Å²) >= 11 is 12.2. The van der Waals surface area contributed by atoms with E-state index in [1.807, 2.05) is 7.05 Å². The molecule has 2 aromatic rings. The Kier molecular flexibility index (Phi) is 2.61. The average molecular weight is 244 g/mol. The van der Waals surface area contributed by atoms with Gasteiger partial charge in [0.15, 0.2) is 10.8 Å². The highest BCUT2D eigenvalue weighted by molar-refractivity contribution is 6.36. The van der Waals surface area contributed by atoms with Gasteiger partial charge < -0.3 is 0 Å². The van der Waals surface area contributed by atoms with Crippen molar-refractivity contribution in [2.24, 2.45) is 7.05 Å². The Hall–Kier alpha value is -0.800. The molecule has 3 nitrogen and oxygen atoms in total. The van der Waals surface area contributed by atoms with E-state index in [9.17, 15) is 0 Å². The van der Waals surface area contributed by atoms with Crippen LogP contribution in [0.5, 0.6) is 0 Å². The number of halogens is 2. The molecule has 2 rings (SSSR count). The topological polar surface area (TPSA) is 30.7 Å². The van der Waals surface area contributed by atoms with Gasteiger partial charge in [-0.05, 0) is 11.5 Å². The summed E-state index contributed by atoms with van der Waals surface area (Å²) < 4.78 is 1.67. The lowest BCUT2D eigenvalue weighted by molar-refractivity contribution is 0.786. The minimum atomic E-state index is 0.296. The zero-order chi connectivity index (χ0) is 11.2. The van der Waals surface area contributed by atoms with E-state index in [1.54, 1.807) is 10.9 Å². The highest BCUT2D eigenvalue weighted by atomic mass is 35.5. The molecule has 0 fully saturated rings. The average Bonchev–Trinajstić information content (AvgIpc) is 2.41. The van der Waals surface area contributed by atoms with Crippen LogP contribution in [-0.2, 0) is 7.05 Å². The van der Waals surface area contributed by atoms with Crippen molar-refractivity contribution in [3.63, 3.8) is 0 Å². The van der Waals surface area contributed by atoms with E-state index in [0.29, 0.717) is 16.1 Å². The van der Waals surface area contributed by atoms with Crippen molar-refractivity contribution in [2.45, 2.75) is 19.8 Å². The Labute approximate surface area is 98.0 Å². The van der Waals surface area contributed by atoms with Crippen molar-refractivity contribution in [2.75, 3.05) is 0 Å². The quantitative estimate of drug-likeness (QED) is 0.769. The molecule has 5 heteroatoms. The second-order valence-electron chi connectivity index (χ2n) is 3.79. The van der Waals surface area contributed by atoms with Gasteiger partial charge in [-0.3, -0.25) is 0 Å². The normalized spacial score (nSPS) is 11.6. The van der Waals surface area contributed by atoms with E-state index in [2.05, 4.69) is 23.9 Å². The fraction of sp³-hybridized carbons (Fsp3) is 0.400. The molecule has 0 aliphatic carbocycles. The molecule has 0 aliphatic heterocycles. The highest BCUT2D eigenvalue weighted by Crippen LogP contribution is 2.34. The first-order valence-electron chi connectivity index (χ1n) is 4.69. The maximum absolute atomic E-state index is 6.12. The molecule has 15 heavy (non-hydrogen) atoms. The standard InChI is InChI=1S/C10H11Cl2N3/c1-5(2)7-6(11)4-13-10-8(7)9(12)14-15(10)3/h4-5H,1-3H3. The highest BCUT2D eigenvalue weighted by Gasteiger charge is 2.17. The van der Waals surface area contributed by atoms with E-state index in [0.717, 1.165) is 16.6 Å². The van der Waals surface area contributed by atoms with Gasteiger partial charge in [-0.15, -0.1) is 0 Å². The number of pyridine rings is 1. The van der Waals surface area contributed by atoms with Crippen molar-refractivity contribution >= 4 is 34.2 Å². The van der Waals surface area contributed by atoms with E-state index >= 15 is 0 Å². The fourth-order valence-corrected chi connectivity index (χ4v) is 2.40. The van der Waals surface area contributed by atoms with Crippen molar-refractivity contribution in [3.8, 4) is 0 Å². The van der Waals surface area contributed by atoms with Gasteiger partial charge >= 0.3 is 0 Å². The Morgan fingerprint density at radius 2 is 2.00 bits per heavy atom. The third kappa shape index (κ3) is 1.60. The lowest BCUT2D eigenvalue weighted by Crippen LogP contribution is -1.95. The molecule has 80 valence electrons. The third-order valence-electron chi connectivity index (χ3n) is 2.38. The molecule has 0 N–H and O–H groups in total. The summed E-state index contributed by atoms with van der Waals surface area (Å²) in [5, 5.41) is 6.11. The molecular weight excluding hydrogens is 233 g/mol. The molecule has 0 saturated carbocycles. The van der Waals surface area contributed by atoms with Crippen LogP contribution in [0, 0.1) is 0 Å². The van der Waals surface area contributed by atoms with E-state index in [-0.39, 0.29) is 0 Å². The Bertz CT molecular complexity index is 517. The second-order valence-corrected chi connectivity index (χ2v) is 4.55. The number of hydrogen-bond acceptors (Lipinski definition) is 2. The maximum atomic E-state index is 6.12. The molecule has 0 atom stereocenters. The van der Waals surface area contributed by atoms with Crippen molar-refractivity contribution in [1.82, 2.24) is 14.8 Å². The number of nitrogens with zero attached hydrogens (tertiary/aromatic N) is 3. The lowest BCUT2D eigenvalue weighted by atomic mass is 10.0. The van der Waals surface area contributed by atoms with Gasteiger partial charge in [-0.25, -0.2) is 9.67 Å². The zero-order valence-electron chi connectivity index (χ0n) is 8.75. The third-order valence-corrected chi connectivity index (χ3v) is 2.94. The maximum Gasteiger partial charge on any atom is 0.160 e. The summed E-state index contributed by atoms with van der Waals surface area (Å²) in [6, 6.07) is 0. The van der Waals surface area contributed by atoms with Crippen molar-refractivity contribution in [1.29, 1.82) is 0 Å². The van der Waals surface area contributed by atoms with Gasteiger partial charge in [0.25, 0.3) is 0 Å². The molecule has 0 aromatic carbocycles. The summed E-state index contributed by atoms with van der Waals surface area (Å²) in [5.74, 6) is 0.296. The van der Waals surface area contributed by atoms with Crippen LogP contribution in [0.4, 0.5) is 0 Å². The Morgan fingerprint density at radius 3 is 2.60 bits per heavy atom. The van der Waals surface area contributed by atoms with E-state index in [4.69, 9.17) is 23.2 Å². The van der Waals surface area contributed by atoms with Crippen LogP contribution in [0.15, 0.2) is 6.20 Å². The first-order chi connectivity index (χ1) is 7.02. The molecule has 2 heterocycles. The first kappa shape index (κ1) is 10.7. The monoisotopic (exact) mass is 243 g/mol. The molecule has 0 bridgehead atoms. The molecule has 0 radical (unpaired) electrons. The second kappa shape index (κ2) is 3.65. The van der Waals surface area contributed by atoms with Crippen LogP contribution < -0.4 is 0 Å². The van der Waals surface area contributed by atoms with E-state index < -0.39 is 0 Å². The number of aryl methyl sites for hydroxylation is 1. The van der Waals surface area contributed by atoms with Crippen LogP contribution in [0.2, 0.25) is 10.2 Å².